The Labute approximate surface area is 134 Å². The summed E-state index contributed by atoms with van der Waals surface area (Å²) in [6.45, 7) is 2.60. The van der Waals surface area contributed by atoms with Crippen LogP contribution in [0.3, 0.4) is 0 Å². The number of nitrogens with zero attached hydrogens (tertiary/aromatic N) is 1. The normalized spacial score (nSPS) is 37.3. The first-order valence-corrected chi connectivity index (χ1v) is 7.53. The number of urea groups is 1. The summed E-state index contributed by atoms with van der Waals surface area (Å²) in [7, 11) is 0. The minimum absolute atomic E-state index is 0.187. The third kappa shape index (κ3) is 3.23. The van der Waals surface area contributed by atoms with Crippen molar-refractivity contribution in [3.63, 3.8) is 0 Å². The molecular weight excluding hydrogens is 405 g/mol. The van der Waals surface area contributed by atoms with Gasteiger partial charge in [0.25, 0.3) is 0 Å². The Morgan fingerprint density at radius 3 is 2.55 bits per heavy atom. The van der Waals surface area contributed by atoms with Crippen LogP contribution < -0.4 is 5.73 Å². The summed E-state index contributed by atoms with van der Waals surface area (Å²) in [6, 6.07) is -0.982. The Kier molecular flexibility index (Phi) is 5.39. The number of carbonyl (C=O) groups is 2. The van der Waals surface area contributed by atoms with Crippen molar-refractivity contribution >= 4 is 46.0 Å². The Bertz CT molecular complexity index is 448. The fourth-order valence-corrected chi connectivity index (χ4v) is 2.72. The molecule has 9 heteroatoms. The molecule has 114 valence electrons. The van der Waals surface area contributed by atoms with Crippen LogP contribution in [-0.4, -0.2) is 49.3 Å². The Hall–Kier alpha value is -0.450. The molecule has 1 fully saturated rings. The van der Waals surface area contributed by atoms with E-state index in [1.54, 1.807) is 22.6 Å². The van der Waals surface area contributed by atoms with E-state index in [2.05, 4.69) is 0 Å². The van der Waals surface area contributed by atoms with Gasteiger partial charge in [-0.05, 0) is 19.9 Å². The van der Waals surface area contributed by atoms with Crippen molar-refractivity contribution in [1.82, 2.24) is 4.90 Å². The van der Waals surface area contributed by atoms with Crippen molar-refractivity contribution in [2.45, 2.75) is 36.9 Å². The van der Waals surface area contributed by atoms with E-state index in [0.29, 0.717) is 0 Å². The number of ketones is 1. The lowest BCUT2D eigenvalue weighted by atomic mass is 10.00. The first-order valence-electron chi connectivity index (χ1n) is 5.62. The molecule has 1 rings (SSSR count). The second-order valence-electron chi connectivity index (χ2n) is 4.62. The summed E-state index contributed by atoms with van der Waals surface area (Å²) >= 11 is 7.81. The van der Waals surface area contributed by atoms with Crippen LogP contribution in [0.1, 0.15) is 13.8 Å². The molecule has 6 nitrogen and oxygen atoms in total. The van der Waals surface area contributed by atoms with Crippen molar-refractivity contribution in [3.05, 3.63) is 12.3 Å². The Balaban J connectivity index is 3.15. The molecule has 0 aliphatic carbocycles. The number of nitrogens with two attached hydrogens (primary N) is 1. The average molecular weight is 421 g/mol. The summed E-state index contributed by atoms with van der Waals surface area (Å²) in [5.74, 6) is -2.74. The lowest BCUT2D eigenvalue weighted by Crippen LogP contribution is -2.51. The third-order valence-electron chi connectivity index (χ3n) is 2.89. The fraction of sp³-hybridized carbons (Fsp3) is 0.636. The zero-order valence-electron chi connectivity index (χ0n) is 10.8. The molecule has 2 amide bonds. The number of aliphatic hydroxyl groups excluding tert-OH is 1. The maximum Gasteiger partial charge on any atom is 0.320 e. The number of ether oxygens (including phenoxy) is 1. The topological polar surface area (TPSA) is 92.9 Å². The van der Waals surface area contributed by atoms with Gasteiger partial charge in [-0.3, -0.25) is 9.69 Å². The van der Waals surface area contributed by atoms with Gasteiger partial charge in [-0.2, -0.15) is 0 Å². The first kappa shape index (κ1) is 17.6. The van der Waals surface area contributed by atoms with E-state index in [9.17, 15) is 19.1 Å². The van der Waals surface area contributed by atoms with Gasteiger partial charge in [0.15, 0.2) is 12.0 Å². The highest BCUT2D eigenvalue weighted by molar-refractivity contribution is 14.1. The summed E-state index contributed by atoms with van der Waals surface area (Å²) in [4.78, 5) is 21.5. The highest BCUT2D eigenvalue weighted by Crippen LogP contribution is 2.45. The molecule has 0 aromatic rings. The molecule has 1 aliphatic rings. The van der Waals surface area contributed by atoms with Crippen LogP contribution >= 0.6 is 34.2 Å². The predicted octanol–water partition coefficient (Wildman–Crippen LogP) is 1.29. The van der Waals surface area contributed by atoms with E-state index in [0.717, 1.165) is 17.2 Å². The van der Waals surface area contributed by atoms with Crippen molar-refractivity contribution in [2.75, 3.05) is 4.43 Å². The number of carbonyl (C=O) groups excluding carboxylic acids is 2. The molecule has 1 aliphatic heterocycles. The number of hydrogen-bond donors (Lipinski definition) is 2. The van der Waals surface area contributed by atoms with Crippen LogP contribution in [0.25, 0.3) is 0 Å². The van der Waals surface area contributed by atoms with E-state index >= 15 is 0 Å². The number of halogens is 3. The number of primary amides is 1. The second kappa shape index (κ2) is 6.12. The standard InChI is InChI=1S/C11H15ClFIN2O4/c1-6(17)3-4-16(9(15)19)8-10(2,12)7(18)11(13,5-14)20-8/h3-4,7-8,18H,5H2,1-2H3,(H2,15,19)/b4-3-/t7-,8+,10+,11+/m0/s1. The summed E-state index contributed by atoms with van der Waals surface area (Å²) in [6.07, 6.45) is -0.879. The van der Waals surface area contributed by atoms with Gasteiger partial charge in [-0.25, -0.2) is 9.18 Å². The quantitative estimate of drug-likeness (QED) is 0.407. The van der Waals surface area contributed by atoms with E-state index in [1.807, 2.05) is 0 Å². The van der Waals surface area contributed by atoms with Crippen LogP contribution in [0.5, 0.6) is 0 Å². The summed E-state index contributed by atoms with van der Waals surface area (Å²) < 4.78 is 19.3. The summed E-state index contributed by atoms with van der Waals surface area (Å²) in [5, 5.41) is 9.95. The fourth-order valence-electron chi connectivity index (χ4n) is 1.81. The van der Waals surface area contributed by atoms with Crippen molar-refractivity contribution < 1.29 is 23.8 Å². The van der Waals surface area contributed by atoms with Crippen LogP contribution in [0.15, 0.2) is 12.3 Å². The molecule has 1 heterocycles. The molecule has 0 unspecified atom stereocenters. The minimum Gasteiger partial charge on any atom is -0.385 e. The smallest absolute Gasteiger partial charge is 0.320 e. The number of aliphatic hydroxyl groups is 1. The maximum atomic E-state index is 14.4. The number of allylic oxidation sites excluding steroid dienone is 1. The van der Waals surface area contributed by atoms with E-state index in [-0.39, 0.29) is 10.2 Å². The number of hydrogen-bond acceptors (Lipinski definition) is 4. The van der Waals surface area contributed by atoms with Gasteiger partial charge in [-0.1, -0.05) is 22.6 Å². The third-order valence-corrected chi connectivity index (χ3v) is 4.33. The molecular formula is C11H15ClFIN2O4. The van der Waals surface area contributed by atoms with Crippen molar-refractivity contribution in [1.29, 1.82) is 0 Å². The van der Waals surface area contributed by atoms with Gasteiger partial charge < -0.3 is 15.6 Å². The number of rotatable bonds is 4. The zero-order chi connectivity index (χ0) is 15.7. The Morgan fingerprint density at radius 1 is 1.65 bits per heavy atom. The zero-order valence-corrected chi connectivity index (χ0v) is 13.8. The van der Waals surface area contributed by atoms with Crippen LogP contribution in [0, 0.1) is 0 Å². The number of amides is 2. The monoisotopic (exact) mass is 420 g/mol. The molecule has 0 radical (unpaired) electrons. The van der Waals surface area contributed by atoms with Gasteiger partial charge >= 0.3 is 6.03 Å². The molecule has 0 aromatic carbocycles. The molecule has 1 saturated heterocycles. The van der Waals surface area contributed by atoms with Gasteiger partial charge in [0.2, 0.25) is 5.85 Å². The average Bonchev–Trinajstić information content (AvgIpc) is 2.51. The predicted molar refractivity (Wildman–Crippen MR) is 79.1 cm³/mol. The van der Waals surface area contributed by atoms with Crippen LogP contribution in [-0.2, 0) is 9.53 Å². The van der Waals surface area contributed by atoms with E-state index in [1.165, 1.54) is 13.8 Å². The van der Waals surface area contributed by atoms with E-state index in [4.69, 9.17) is 22.1 Å². The van der Waals surface area contributed by atoms with E-state index < -0.39 is 29.1 Å². The highest BCUT2D eigenvalue weighted by Gasteiger charge is 2.63. The Morgan fingerprint density at radius 2 is 2.20 bits per heavy atom. The second-order valence-corrected chi connectivity index (χ2v) is 6.19. The molecule has 0 saturated carbocycles. The van der Waals surface area contributed by atoms with Gasteiger partial charge in [-0.15, -0.1) is 11.6 Å². The highest BCUT2D eigenvalue weighted by atomic mass is 127. The first-order chi connectivity index (χ1) is 9.06. The number of alkyl halides is 3. The maximum absolute atomic E-state index is 14.4. The SMILES string of the molecule is CC(=O)/C=C\N(C(N)=O)[C@@H]1O[C@](F)(CI)[C@@H](O)[C@@]1(C)Cl. The molecule has 3 N–H and O–H groups in total. The van der Waals surface area contributed by atoms with Crippen LogP contribution in [0.2, 0.25) is 0 Å². The minimum atomic E-state index is -2.40. The largest absolute Gasteiger partial charge is 0.385 e. The van der Waals surface area contributed by atoms with Gasteiger partial charge in [0.1, 0.15) is 11.0 Å². The molecule has 4 atom stereocenters. The van der Waals surface area contributed by atoms with Gasteiger partial charge in [0.05, 0.1) is 4.43 Å². The molecule has 20 heavy (non-hydrogen) atoms. The molecule has 0 bridgehead atoms. The molecule has 0 spiro atoms. The summed E-state index contributed by atoms with van der Waals surface area (Å²) in [5.41, 5.74) is 5.18. The lowest BCUT2D eigenvalue weighted by Gasteiger charge is -2.31. The van der Waals surface area contributed by atoms with Crippen LogP contribution in [0.4, 0.5) is 9.18 Å². The van der Waals surface area contributed by atoms with Crippen molar-refractivity contribution in [2.24, 2.45) is 5.73 Å². The van der Waals surface area contributed by atoms with Crippen molar-refractivity contribution in [3.8, 4) is 0 Å². The lowest BCUT2D eigenvalue weighted by molar-refractivity contribution is -0.170. The molecule has 0 aromatic heterocycles. The van der Waals surface area contributed by atoms with Gasteiger partial charge in [0, 0.05) is 6.20 Å².